The maximum Gasteiger partial charge on any atom is 0.333 e. The van der Waals surface area contributed by atoms with E-state index in [1.54, 1.807) is 30.5 Å². The van der Waals surface area contributed by atoms with Crippen molar-refractivity contribution in [2.45, 2.75) is 6.54 Å². The van der Waals surface area contributed by atoms with Crippen LogP contribution in [0.25, 0.3) is 10.9 Å². The summed E-state index contributed by atoms with van der Waals surface area (Å²) in [6.45, 7) is 0.468. The minimum Gasteiger partial charge on any atom is -0.456 e. The molecule has 31 heavy (non-hydrogen) atoms. The van der Waals surface area contributed by atoms with E-state index >= 15 is 0 Å². The van der Waals surface area contributed by atoms with Crippen LogP contribution in [0.1, 0.15) is 15.9 Å². The summed E-state index contributed by atoms with van der Waals surface area (Å²) in [5, 5.41) is 3.62. The number of aromatic nitrogens is 1. The van der Waals surface area contributed by atoms with Crippen LogP contribution in [-0.4, -0.2) is 35.6 Å². The lowest BCUT2D eigenvalue weighted by Crippen LogP contribution is -2.31. The topological polar surface area (TPSA) is 95.9 Å². The molecule has 3 heterocycles. The molecule has 2 aliphatic heterocycles. The molecule has 5 rings (SSSR count). The number of nitrogens with zero attached hydrogens (tertiary/aromatic N) is 1. The number of nitrogens with one attached hydrogen (secondary N) is 1. The zero-order valence-corrected chi connectivity index (χ0v) is 16.8. The van der Waals surface area contributed by atoms with Crippen LogP contribution in [0.5, 0.6) is 11.5 Å². The van der Waals surface area contributed by atoms with E-state index in [9.17, 15) is 14.4 Å². The van der Waals surface area contributed by atoms with E-state index < -0.39 is 17.7 Å². The molecule has 156 valence electrons. The molecule has 2 aliphatic rings. The summed E-state index contributed by atoms with van der Waals surface area (Å²) in [4.78, 5) is 36.7. The van der Waals surface area contributed by atoms with Gasteiger partial charge in [-0.2, -0.15) is 0 Å². The van der Waals surface area contributed by atoms with Crippen LogP contribution in [-0.2, 0) is 20.9 Å². The van der Waals surface area contributed by atoms with Crippen LogP contribution >= 0.6 is 11.6 Å². The molecule has 0 atom stereocenters. The zero-order chi connectivity index (χ0) is 21.5. The van der Waals surface area contributed by atoms with Crippen molar-refractivity contribution < 1.29 is 28.6 Å². The Hall–Kier alpha value is -3.78. The predicted molar refractivity (Wildman–Crippen MR) is 110 cm³/mol. The predicted octanol–water partition coefficient (Wildman–Crippen LogP) is 2.81. The minimum absolute atomic E-state index is 0.0745. The van der Waals surface area contributed by atoms with Gasteiger partial charge in [0.05, 0.1) is 16.8 Å². The lowest BCUT2D eigenvalue weighted by Gasteiger charge is -2.06. The van der Waals surface area contributed by atoms with Gasteiger partial charge in [-0.3, -0.25) is 9.59 Å². The van der Waals surface area contributed by atoms with Crippen LogP contribution in [0.15, 0.2) is 54.4 Å². The molecule has 2 aromatic carbocycles. The molecule has 9 heteroatoms. The van der Waals surface area contributed by atoms with Crippen molar-refractivity contribution in [1.82, 2.24) is 9.88 Å². The molecule has 0 saturated heterocycles. The number of carbonyl (C=O) groups excluding carboxylic acids is 3. The number of esters is 1. The Kier molecular flexibility index (Phi) is 4.63. The molecule has 0 bridgehead atoms. The van der Waals surface area contributed by atoms with Crippen LogP contribution in [0.2, 0.25) is 5.02 Å². The summed E-state index contributed by atoms with van der Waals surface area (Å²) in [6.07, 6.45) is 2.77. The first-order valence-electron chi connectivity index (χ1n) is 9.38. The molecule has 0 saturated carbocycles. The van der Waals surface area contributed by atoms with Crippen molar-refractivity contribution in [3.8, 4) is 11.5 Å². The Bertz CT molecular complexity index is 1280. The Balaban J connectivity index is 1.53. The second-order valence-electron chi connectivity index (χ2n) is 7.08. The highest BCUT2D eigenvalue weighted by Gasteiger charge is 2.26. The van der Waals surface area contributed by atoms with Crippen molar-refractivity contribution >= 4 is 40.2 Å². The number of ketones is 1. The average molecular weight is 439 g/mol. The first-order valence-corrected chi connectivity index (χ1v) is 9.75. The number of hydrogen-bond donors (Lipinski definition) is 1. The molecule has 0 unspecified atom stereocenters. The fraction of sp³-hybridized carbons (Fsp3) is 0.136. The maximum absolute atomic E-state index is 13.0. The van der Waals surface area contributed by atoms with Crippen molar-refractivity contribution in [2.24, 2.45) is 0 Å². The van der Waals surface area contributed by atoms with Gasteiger partial charge >= 0.3 is 5.97 Å². The number of ether oxygens (including phenoxy) is 3. The van der Waals surface area contributed by atoms with Gasteiger partial charge in [0.1, 0.15) is 6.61 Å². The van der Waals surface area contributed by atoms with Crippen LogP contribution in [0.3, 0.4) is 0 Å². The van der Waals surface area contributed by atoms with E-state index in [0.717, 1.165) is 11.6 Å². The van der Waals surface area contributed by atoms with E-state index in [0.29, 0.717) is 34.0 Å². The first kappa shape index (κ1) is 19.2. The summed E-state index contributed by atoms with van der Waals surface area (Å²) in [6, 6.07) is 10.8. The third kappa shape index (κ3) is 3.62. The number of halogens is 1. The summed E-state index contributed by atoms with van der Waals surface area (Å²) < 4.78 is 17.5. The van der Waals surface area contributed by atoms with Gasteiger partial charge in [-0.25, -0.2) is 4.79 Å². The third-order valence-electron chi connectivity index (χ3n) is 5.03. The Labute approximate surface area is 180 Å². The summed E-state index contributed by atoms with van der Waals surface area (Å²) in [5.74, 6) is -1.08. The van der Waals surface area contributed by atoms with Gasteiger partial charge in [-0.15, -0.1) is 0 Å². The van der Waals surface area contributed by atoms with Gasteiger partial charge in [0.2, 0.25) is 6.79 Å². The third-order valence-corrected chi connectivity index (χ3v) is 5.28. The van der Waals surface area contributed by atoms with E-state index in [4.69, 9.17) is 25.8 Å². The Morgan fingerprint density at radius 2 is 1.81 bits per heavy atom. The molecular weight excluding hydrogens is 424 g/mol. The molecule has 1 aromatic heterocycles. The number of rotatable bonds is 5. The number of carbonyl (C=O) groups is 3. The van der Waals surface area contributed by atoms with E-state index in [1.807, 2.05) is 16.7 Å². The monoisotopic (exact) mass is 438 g/mol. The van der Waals surface area contributed by atoms with E-state index in [1.165, 1.54) is 0 Å². The average Bonchev–Trinajstić information content (AvgIpc) is 3.46. The van der Waals surface area contributed by atoms with Crippen LogP contribution < -0.4 is 14.8 Å². The zero-order valence-electron chi connectivity index (χ0n) is 16.0. The summed E-state index contributed by atoms with van der Waals surface area (Å²) in [5.41, 5.74) is 2.14. The number of hydrogen-bond acceptors (Lipinski definition) is 6. The highest BCUT2D eigenvalue weighted by molar-refractivity contribution is 6.45. The van der Waals surface area contributed by atoms with Crippen LogP contribution in [0, 0.1) is 0 Å². The molecular formula is C22H15ClN2O6. The van der Waals surface area contributed by atoms with Crippen LogP contribution in [0.4, 0.5) is 0 Å². The summed E-state index contributed by atoms with van der Waals surface area (Å²) >= 11 is 5.97. The van der Waals surface area contributed by atoms with Gasteiger partial charge in [-0.05, 0) is 23.8 Å². The fourth-order valence-corrected chi connectivity index (χ4v) is 3.68. The quantitative estimate of drug-likeness (QED) is 0.374. The van der Waals surface area contributed by atoms with Gasteiger partial charge in [0, 0.05) is 35.3 Å². The van der Waals surface area contributed by atoms with Gasteiger partial charge in [0.25, 0.3) is 11.7 Å². The number of benzene rings is 2. The minimum atomic E-state index is -0.854. The Morgan fingerprint density at radius 3 is 2.52 bits per heavy atom. The number of amides is 1. The molecule has 3 aromatic rings. The standard InChI is InChI=1S/C22H15ClN2O6/c23-13-3-1-12(2-4-13)8-25-9-16(15-6-18-19(7-17(15)25)31-11-30-18)21(27)22(28)24-14-5-20(26)29-10-14/h1-7,9H,8,10-11H2,(H,24,28). The molecule has 0 spiro atoms. The van der Waals surface area contributed by atoms with Gasteiger partial charge < -0.3 is 24.1 Å². The number of fused-ring (bicyclic) bond motifs is 2. The van der Waals surface area contributed by atoms with Crippen molar-refractivity contribution in [1.29, 1.82) is 0 Å². The second kappa shape index (κ2) is 7.48. The molecule has 1 N–H and O–H groups in total. The Morgan fingerprint density at radius 1 is 1.06 bits per heavy atom. The molecule has 1 amide bonds. The number of cyclic esters (lactones) is 1. The van der Waals surface area contributed by atoms with Crippen molar-refractivity contribution in [2.75, 3.05) is 13.4 Å². The molecule has 8 nitrogen and oxygen atoms in total. The van der Waals surface area contributed by atoms with Crippen molar-refractivity contribution in [3.63, 3.8) is 0 Å². The highest BCUT2D eigenvalue weighted by atomic mass is 35.5. The maximum atomic E-state index is 13.0. The molecule has 0 aliphatic carbocycles. The second-order valence-corrected chi connectivity index (χ2v) is 7.52. The fourth-order valence-electron chi connectivity index (χ4n) is 3.55. The van der Waals surface area contributed by atoms with E-state index in [-0.39, 0.29) is 24.7 Å². The van der Waals surface area contributed by atoms with Gasteiger partial charge in [-0.1, -0.05) is 23.7 Å². The number of Topliss-reactive ketones (excluding diaryl/α,β-unsaturated/α-hetero) is 1. The smallest absolute Gasteiger partial charge is 0.333 e. The first-order chi connectivity index (χ1) is 15.0. The van der Waals surface area contributed by atoms with Crippen molar-refractivity contribution in [3.05, 3.63) is 70.5 Å². The van der Waals surface area contributed by atoms with Gasteiger partial charge in [0.15, 0.2) is 11.5 Å². The van der Waals surface area contributed by atoms with E-state index in [2.05, 4.69) is 5.32 Å². The lowest BCUT2D eigenvalue weighted by atomic mass is 10.1. The highest BCUT2D eigenvalue weighted by Crippen LogP contribution is 2.38. The molecule has 0 radical (unpaired) electrons. The SMILES string of the molecule is O=C1C=C(NC(=O)C(=O)c2cn(Cc3ccc(Cl)cc3)c3cc4c(cc23)OCO4)CO1. The summed E-state index contributed by atoms with van der Waals surface area (Å²) in [7, 11) is 0. The normalized spacial score (nSPS) is 14.5. The molecule has 0 fully saturated rings. The lowest BCUT2D eigenvalue weighted by molar-refractivity contribution is -0.135. The largest absolute Gasteiger partial charge is 0.456 e.